The first kappa shape index (κ1) is 12.8. The van der Waals surface area contributed by atoms with Gasteiger partial charge in [0.1, 0.15) is 6.04 Å². The predicted octanol–water partition coefficient (Wildman–Crippen LogP) is 0.662. The van der Waals surface area contributed by atoms with Crippen molar-refractivity contribution < 1.29 is 9.90 Å². The van der Waals surface area contributed by atoms with E-state index < -0.39 is 12.0 Å². The lowest BCUT2D eigenvalue weighted by Gasteiger charge is -2.28. The molecule has 0 amide bonds. The molecule has 0 aromatic carbocycles. The number of aliphatic carboxylic acids is 1. The Morgan fingerprint density at radius 3 is 2.60 bits per heavy atom. The van der Waals surface area contributed by atoms with Crippen molar-refractivity contribution in [3.05, 3.63) is 0 Å². The Morgan fingerprint density at radius 1 is 1.53 bits per heavy atom. The Balaban J connectivity index is 2.16. The lowest BCUT2D eigenvalue weighted by molar-refractivity contribution is -0.138. The highest BCUT2D eigenvalue weighted by molar-refractivity contribution is 7.99. The maximum Gasteiger partial charge on any atom is 0.321 e. The molecule has 1 aliphatic carbocycles. The Hall–Kier alpha value is -0.260. The lowest BCUT2D eigenvalue weighted by Crippen LogP contribution is -2.45. The molecule has 1 saturated carbocycles. The molecule has 5 heteroatoms. The van der Waals surface area contributed by atoms with E-state index in [-0.39, 0.29) is 0 Å². The number of rotatable bonds is 5. The van der Waals surface area contributed by atoms with Crippen LogP contribution in [0.3, 0.4) is 0 Å². The van der Waals surface area contributed by atoms with Gasteiger partial charge in [-0.3, -0.25) is 4.79 Å². The summed E-state index contributed by atoms with van der Waals surface area (Å²) in [6, 6.07) is -0.318. The monoisotopic (exact) mass is 232 g/mol. The van der Waals surface area contributed by atoms with Crippen LogP contribution < -0.4 is 11.1 Å². The first-order valence-electron chi connectivity index (χ1n) is 5.38. The zero-order valence-corrected chi connectivity index (χ0v) is 9.93. The number of carboxylic acids is 1. The van der Waals surface area contributed by atoms with Gasteiger partial charge >= 0.3 is 5.97 Å². The molecule has 1 unspecified atom stereocenters. The van der Waals surface area contributed by atoms with E-state index in [1.165, 1.54) is 12.8 Å². The number of hydrogen-bond acceptors (Lipinski definition) is 4. The molecule has 1 atom stereocenters. The molecule has 4 N–H and O–H groups in total. The summed E-state index contributed by atoms with van der Waals surface area (Å²) in [5.74, 6) is -0.930. The van der Waals surface area contributed by atoms with Crippen molar-refractivity contribution in [1.29, 1.82) is 0 Å². The first-order valence-corrected chi connectivity index (χ1v) is 6.67. The summed E-state index contributed by atoms with van der Waals surface area (Å²) in [5, 5.41) is 12.6. The second-order valence-corrected chi connectivity index (χ2v) is 5.20. The summed E-state index contributed by atoms with van der Waals surface area (Å²) in [7, 11) is 0. The van der Waals surface area contributed by atoms with Gasteiger partial charge in [-0.15, -0.1) is 0 Å². The topological polar surface area (TPSA) is 75.3 Å². The van der Waals surface area contributed by atoms with Gasteiger partial charge in [-0.05, 0) is 31.9 Å². The zero-order valence-electron chi connectivity index (χ0n) is 9.11. The van der Waals surface area contributed by atoms with Gasteiger partial charge in [0.05, 0.1) is 0 Å². The van der Waals surface area contributed by atoms with Crippen molar-refractivity contribution in [1.82, 2.24) is 5.32 Å². The average molecular weight is 232 g/mol. The number of carboxylic acid groups (broad SMARTS) is 1. The van der Waals surface area contributed by atoms with Crippen molar-refractivity contribution in [2.45, 2.75) is 43.0 Å². The minimum Gasteiger partial charge on any atom is -0.480 e. The molecule has 0 aliphatic heterocycles. The van der Waals surface area contributed by atoms with Crippen LogP contribution in [0.2, 0.25) is 0 Å². The highest BCUT2D eigenvalue weighted by Crippen LogP contribution is 2.26. The van der Waals surface area contributed by atoms with Crippen LogP contribution >= 0.6 is 11.8 Å². The maximum atomic E-state index is 10.5. The molecular weight excluding hydrogens is 212 g/mol. The van der Waals surface area contributed by atoms with Crippen LogP contribution in [0.25, 0.3) is 0 Å². The molecular formula is C10H20N2O2S. The van der Waals surface area contributed by atoms with Crippen LogP contribution in [0, 0.1) is 0 Å². The van der Waals surface area contributed by atoms with E-state index in [0.29, 0.717) is 12.6 Å². The lowest BCUT2D eigenvalue weighted by atomic mass is 9.95. The second-order valence-electron chi connectivity index (χ2n) is 4.06. The number of hydrogen-bond donors (Lipinski definition) is 3. The van der Waals surface area contributed by atoms with Gasteiger partial charge in [-0.1, -0.05) is 0 Å². The average Bonchev–Trinajstić information content (AvgIpc) is 2.26. The smallest absolute Gasteiger partial charge is 0.321 e. The van der Waals surface area contributed by atoms with Crippen LogP contribution in [0.5, 0.6) is 0 Å². The Labute approximate surface area is 95.0 Å². The van der Waals surface area contributed by atoms with Gasteiger partial charge in [0.15, 0.2) is 0 Å². The van der Waals surface area contributed by atoms with Crippen LogP contribution in [-0.2, 0) is 4.79 Å². The number of nitrogens with two attached hydrogens (primary N) is 1. The first-order chi connectivity index (χ1) is 7.13. The highest BCUT2D eigenvalue weighted by Gasteiger charge is 2.21. The molecule has 1 fully saturated rings. The molecule has 0 aromatic heterocycles. The standard InChI is InChI=1S/C10H20N2O2S/c1-15-8-4-2-7(3-5-8)12-6-9(11)10(13)14/h7-9,12H,2-6,11H2,1H3,(H,13,14). The van der Waals surface area contributed by atoms with Crippen molar-refractivity contribution in [2.24, 2.45) is 5.73 Å². The summed E-state index contributed by atoms with van der Waals surface area (Å²) in [5.41, 5.74) is 5.42. The molecule has 0 saturated heterocycles. The molecule has 88 valence electrons. The fraction of sp³-hybridized carbons (Fsp3) is 0.900. The number of thioether (sulfide) groups is 1. The van der Waals surface area contributed by atoms with Crippen molar-refractivity contribution >= 4 is 17.7 Å². The van der Waals surface area contributed by atoms with Crippen LogP contribution in [0.15, 0.2) is 0 Å². The van der Waals surface area contributed by atoms with Gasteiger partial charge in [0.2, 0.25) is 0 Å². The quantitative estimate of drug-likeness (QED) is 0.649. The summed E-state index contributed by atoms with van der Waals surface area (Å²) in [6.45, 7) is 0.379. The summed E-state index contributed by atoms with van der Waals surface area (Å²) in [4.78, 5) is 10.5. The van der Waals surface area contributed by atoms with E-state index in [9.17, 15) is 4.79 Å². The van der Waals surface area contributed by atoms with E-state index in [2.05, 4.69) is 11.6 Å². The summed E-state index contributed by atoms with van der Waals surface area (Å²) < 4.78 is 0. The SMILES string of the molecule is CSC1CCC(NCC(N)C(=O)O)CC1. The normalized spacial score (nSPS) is 28.7. The molecule has 1 rings (SSSR count). The van der Waals surface area contributed by atoms with E-state index in [4.69, 9.17) is 10.8 Å². The van der Waals surface area contributed by atoms with Gasteiger partial charge < -0.3 is 16.2 Å². The Kier molecular flexibility index (Phi) is 5.42. The molecule has 0 aromatic rings. The van der Waals surface area contributed by atoms with E-state index in [1.807, 2.05) is 11.8 Å². The zero-order chi connectivity index (χ0) is 11.3. The van der Waals surface area contributed by atoms with Crippen LogP contribution in [-0.4, -0.2) is 41.2 Å². The third-order valence-electron chi connectivity index (χ3n) is 2.95. The van der Waals surface area contributed by atoms with E-state index >= 15 is 0 Å². The molecule has 0 bridgehead atoms. The molecule has 0 heterocycles. The van der Waals surface area contributed by atoms with Gasteiger partial charge in [-0.25, -0.2) is 0 Å². The molecule has 1 aliphatic rings. The Morgan fingerprint density at radius 2 is 2.13 bits per heavy atom. The molecule has 0 radical (unpaired) electrons. The minimum absolute atomic E-state index is 0.379. The van der Waals surface area contributed by atoms with E-state index in [0.717, 1.165) is 18.1 Å². The molecule has 15 heavy (non-hydrogen) atoms. The van der Waals surface area contributed by atoms with Crippen LogP contribution in [0.4, 0.5) is 0 Å². The third kappa shape index (κ3) is 4.40. The van der Waals surface area contributed by atoms with Gasteiger partial charge in [0.25, 0.3) is 0 Å². The van der Waals surface area contributed by atoms with Crippen molar-refractivity contribution in [2.75, 3.05) is 12.8 Å². The predicted molar refractivity (Wildman–Crippen MR) is 63.2 cm³/mol. The van der Waals surface area contributed by atoms with Crippen molar-refractivity contribution in [3.8, 4) is 0 Å². The van der Waals surface area contributed by atoms with E-state index in [1.54, 1.807) is 0 Å². The third-order valence-corrected chi connectivity index (χ3v) is 4.09. The molecule has 4 nitrogen and oxygen atoms in total. The van der Waals surface area contributed by atoms with Gasteiger partial charge in [-0.2, -0.15) is 11.8 Å². The van der Waals surface area contributed by atoms with Crippen LogP contribution in [0.1, 0.15) is 25.7 Å². The van der Waals surface area contributed by atoms with Gasteiger partial charge in [0, 0.05) is 17.8 Å². The number of carbonyl (C=O) groups is 1. The molecule has 0 spiro atoms. The van der Waals surface area contributed by atoms with Crippen molar-refractivity contribution in [3.63, 3.8) is 0 Å². The second kappa shape index (κ2) is 6.35. The fourth-order valence-corrected chi connectivity index (χ4v) is 2.63. The summed E-state index contributed by atoms with van der Waals surface area (Å²) in [6.07, 6.45) is 6.87. The highest BCUT2D eigenvalue weighted by atomic mass is 32.2. The largest absolute Gasteiger partial charge is 0.480 e. The fourth-order valence-electron chi connectivity index (χ4n) is 1.88. The maximum absolute atomic E-state index is 10.5. The Bertz CT molecular complexity index is 206. The number of nitrogens with one attached hydrogen (secondary N) is 1. The summed E-state index contributed by atoms with van der Waals surface area (Å²) >= 11 is 1.93. The minimum atomic E-state index is -0.930.